The first-order valence-corrected chi connectivity index (χ1v) is 31.2. The van der Waals surface area contributed by atoms with E-state index >= 15 is 0 Å². The van der Waals surface area contributed by atoms with Gasteiger partial charge in [0.25, 0.3) is 0 Å². The largest absolute Gasteiger partial charge is 0.472 e. The maximum Gasteiger partial charge on any atom is 0.472 e. The lowest BCUT2D eigenvalue weighted by Crippen LogP contribution is -2.37. The first kappa shape index (κ1) is 68.2. The molecule has 0 saturated heterocycles. The number of carbonyl (C=O) groups excluding carboxylic acids is 2. The van der Waals surface area contributed by atoms with Gasteiger partial charge in [-0.2, -0.15) is 0 Å². The van der Waals surface area contributed by atoms with Crippen LogP contribution in [0.25, 0.3) is 0 Å². The van der Waals surface area contributed by atoms with Crippen LogP contribution in [0.4, 0.5) is 0 Å². The van der Waals surface area contributed by atoms with Crippen LogP contribution in [0.2, 0.25) is 0 Å². The number of esters is 2. The molecule has 70 heavy (non-hydrogen) atoms. The molecule has 0 aromatic rings. The molecule has 0 aromatic heterocycles. The highest BCUT2D eigenvalue weighted by atomic mass is 31.2. The van der Waals surface area contributed by atoms with Crippen LogP contribution in [0.3, 0.4) is 0 Å². The van der Waals surface area contributed by atoms with Crippen molar-refractivity contribution in [2.24, 2.45) is 0 Å². The highest BCUT2D eigenvalue weighted by Crippen LogP contribution is 2.43. The first-order valence-electron chi connectivity index (χ1n) is 29.7. The number of ether oxygens (including phenoxy) is 2. The Balaban J connectivity index is 4.15. The number of allylic oxidation sites excluding steroid dienone is 6. The molecule has 2 atom stereocenters. The summed E-state index contributed by atoms with van der Waals surface area (Å²) < 4.78 is 34.6. The summed E-state index contributed by atoms with van der Waals surface area (Å²) >= 11 is 0. The SMILES string of the molecule is CCCCCCC/C=C\C/C=C\C/C=C\CCCCCCCCCCCCC(=O)OC(COC(=O)CCCCCCCCCCCCCCCCCCCCCCC)COP(=O)(O)OCC[N+](C)(C)C. The normalized spacial score (nSPS) is 13.5. The number of carbonyl (C=O) groups is 2. The molecule has 0 fully saturated rings. The zero-order chi connectivity index (χ0) is 51.3. The number of hydrogen-bond acceptors (Lipinski definition) is 7. The van der Waals surface area contributed by atoms with Crippen LogP contribution in [0, 0.1) is 0 Å². The number of nitrogens with zero attached hydrogens (tertiary/aromatic N) is 1. The zero-order valence-corrected chi connectivity index (χ0v) is 47.7. The second kappa shape index (κ2) is 52.1. The lowest BCUT2D eigenvalue weighted by atomic mass is 10.0. The molecule has 0 aliphatic rings. The predicted octanol–water partition coefficient (Wildman–Crippen LogP) is 18.4. The first-order chi connectivity index (χ1) is 34.0. The van der Waals surface area contributed by atoms with Crippen molar-refractivity contribution in [2.75, 3.05) is 47.5 Å². The molecule has 412 valence electrons. The number of quaternary nitrogens is 1. The monoisotopic (exact) mass is 1010 g/mol. The second-order valence-electron chi connectivity index (χ2n) is 21.4. The predicted molar refractivity (Wildman–Crippen MR) is 298 cm³/mol. The number of unbranched alkanes of at least 4 members (excludes halogenated alkanes) is 35. The van der Waals surface area contributed by atoms with Gasteiger partial charge in [0.15, 0.2) is 6.10 Å². The molecule has 1 N–H and O–H groups in total. The van der Waals surface area contributed by atoms with E-state index in [0.29, 0.717) is 23.9 Å². The van der Waals surface area contributed by atoms with Gasteiger partial charge in [0, 0.05) is 12.8 Å². The van der Waals surface area contributed by atoms with Crippen molar-refractivity contribution < 1.29 is 42.1 Å². The Morgan fingerprint density at radius 1 is 0.443 bits per heavy atom. The molecule has 0 bridgehead atoms. The Morgan fingerprint density at radius 3 is 1.14 bits per heavy atom. The van der Waals surface area contributed by atoms with Crippen molar-refractivity contribution in [2.45, 2.75) is 290 Å². The lowest BCUT2D eigenvalue weighted by Gasteiger charge is -2.24. The minimum atomic E-state index is -4.38. The fraction of sp³-hybridized carbons (Fsp3) is 0.867. The standard InChI is InChI=1S/C60H114NO8P/c1-6-8-10-12-14-16-18-20-22-24-26-28-29-30-31-33-35-37-39-41-43-45-47-49-51-53-60(63)69-58(57-68-70(64,65)67-55-54-61(3,4)5)56-66-59(62)52-50-48-46-44-42-40-38-36-34-32-27-25-23-21-19-17-15-13-11-9-7-2/h18,20,24,26,29-30,58H,6-17,19,21-23,25,27-28,31-57H2,1-5H3/p+1/b20-18-,26-24-,30-29-. The number of phosphoric acid groups is 1. The van der Waals surface area contributed by atoms with E-state index in [9.17, 15) is 19.0 Å². The number of hydrogen-bond donors (Lipinski definition) is 1. The summed E-state index contributed by atoms with van der Waals surface area (Å²) in [5.41, 5.74) is 0. The van der Waals surface area contributed by atoms with Crippen LogP contribution in [-0.2, 0) is 32.7 Å². The van der Waals surface area contributed by atoms with E-state index in [4.69, 9.17) is 18.5 Å². The Morgan fingerprint density at radius 2 is 0.771 bits per heavy atom. The van der Waals surface area contributed by atoms with Gasteiger partial charge < -0.3 is 18.9 Å². The summed E-state index contributed by atoms with van der Waals surface area (Å²) in [6.45, 7) is 4.46. The van der Waals surface area contributed by atoms with Crippen LogP contribution >= 0.6 is 7.82 Å². The molecule has 10 heteroatoms. The van der Waals surface area contributed by atoms with E-state index in [0.717, 1.165) is 51.4 Å². The molecule has 0 amide bonds. The van der Waals surface area contributed by atoms with Gasteiger partial charge in [-0.15, -0.1) is 0 Å². The van der Waals surface area contributed by atoms with Crippen molar-refractivity contribution in [3.8, 4) is 0 Å². The number of phosphoric ester groups is 1. The van der Waals surface area contributed by atoms with Gasteiger partial charge in [0.1, 0.15) is 19.8 Å². The van der Waals surface area contributed by atoms with E-state index in [1.807, 2.05) is 21.1 Å². The maximum absolute atomic E-state index is 12.8. The fourth-order valence-corrected chi connectivity index (χ4v) is 9.30. The summed E-state index contributed by atoms with van der Waals surface area (Å²) in [7, 11) is 1.49. The molecular weight excluding hydrogens is 894 g/mol. The molecule has 0 aliphatic carbocycles. The third-order valence-electron chi connectivity index (χ3n) is 13.2. The Labute approximate surface area is 433 Å². The minimum Gasteiger partial charge on any atom is -0.462 e. The van der Waals surface area contributed by atoms with Crippen LogP contribution in [-0.4, -0.2) is 74.9 Å². The molecule has 0 radical (unpaired) electrons. The summed E-state index contributed by atoms with van der Waals surface area (Å²) in [4.78, 5) is 35.7. The topological polar surface area (TPSA) is 108 Å². The van der Waals surface area contributed by atoms with Gasteiger partial charge in [-0.1, -0.05) is 256 Å². The van der Waals surface area contributed by atoms with Crippen LogP contribution < -0.4 is 0 Å². The minimum absolute atomic E-state index is 0.0324. The smallest absolute Gasteiger partial charge is 0.462 e. The molecule has 0 aliphatic heterocycles. The van der Waals surface area contributed by atoms with Crippen LogP contribution in [0.15, 0.2) is 36.5 Å². The van der Waals surface area contributed by atoms with Crippen molar-refractivity contribution in [3.05, 3.63) is 36.5 Å². The molecule has 0 aromatic carbocycles. The van der Waals surface area contributed by atoms with Gasteiger partial charge in [-0.05, 0) is 51.4 Å². The molecule has 2 unspecified atom stereocenters. The van der Waals surface area contributed by atoms with Crippen molar-refractivity contribution in [1.82, 2.24) is 0 Å². The molecule has 0 saturated carbocycles. The van der Waals surface area contributed by atoms with Gasteiger partial charge in [-0.25, -0.2) is 4.57 Å². The molecule has 0 spiro atoms. The summed E-state index contributed by atoms with van der Waals surface area (Å²) in [6.07, 6.45) is 63.5. The Bertz CT molecular complexity index is 1280. The van der Waals surface area contributed by atoms with Gasteiger partial charge >= 0.3 is 19.8 Å². The molecular formula is C60H115NO8P+. The van der Waals surface area contributed by atoms with E-state index < -0.39 is 26.5 Å². The van der Waals surface area contributed by atoms with E-state index in [1.54, 1.807) is 0 Å². The van der Waals surface area contributed by atoms with Crippen molar-refractivity contribution in [1.29, 1.82) is 0 Å². The Hall–Kier alpha value is -1.77. The quantitative estimate of drug-likeness (QED) is 0.0211. The molecule has 0 rings (SSSR count). The van der Waals surface area contributed by atoms with Gasteiger partial charge in [-0.3, -0.25) is 18.6 Å². The van der Waals surface area contributed by atoms with Crippen LogP contribution in [0.5, 0.6) is 0 Å². The molecule has 0 heterocycles. The van der Waals surface area contributed by atoms with Crippen molar-refractivity contribution >= 4 is 19.8 Å². The van der Waals surface area contributed by atoms with E-state index in [1.165, 1.54) is 199 Å². The molecule has 9 nitrogen and oxygen atoms in total. The third-order valence-corrected chi connectivity index (χ3v) is 14.2. The average Bonchev–Trinajstić information content (AvgIpc) is 3.32. The van der Waals surface area contributed by atoms with E-state index in [2.05, 4.69) is 50.3 Å². The zero-order valence-electron chi connectivity index (χ0n) is 46.8. The third kappa shape index (κ3) is 55.5. The second-order valence-corrected chi connectivity index (χ2v) is 22.8. The fourth-order valence-electron chi connectivity index (χ4n) is 8.55. The maximum atomic E-state index is 12.8. The highest BCUT2D eigenvalue weighted by Gasteiger charge is 2.27. The summed E-state index contributed by atoms with van der Waals surface area (Å²) in [5.74, 6) is -0.788. The summed E-state index contributed by atoms with van der Waals surface area (Å²) in [5, 5.41) is 0. The number of likely N-dealkylation sites (N-methyl/N-ethyl adjacent to an activating group) is 1. The van der Waals surface area contributed by atoms with E-state index in [-0.39, 0.29) is 25.6 Å². The average molecular weight is 1010 g/mol. The highest BCUT2D eigenvalue weighted by molar-refractivity contribution is 7.47. The lowest BCUT2D eigenvalue weighted by molar-refractivity contribution is -0.870. The van der Waals surface area contributed by atoms with Gasteiger partial charge in [0.05, 0.1) is 27.7 Å². The Kier molecular flexibility index (Phi) is 50.8. The van der Waals surface area contributed by atoms with Crippen LogP contribution in [0.1, 0.15) is 284 Å². The van der Waals surface area contributed by atoms with Crippen molar-refractivity contribution in [3.63, 3.8) is 0 Å². The summed E-state index contributed by atoms with van der Waals surface area (Å²) in [6, 6.07) is 0. The van der Waals surface area contributed by atoms with Gasteiger partial charge in [0.2, 0.25) is 0 Å². The number of rotatable bonds is 55.